The maximum Gasteiger partial charge on any atom is 0.269 e. The van der Waals surface area contributed by atoms with Gasteiger partial charge in [0.15, 0.2) is 0 Å². The molecule has 3 heteroatoms. The molecule has 0 aliphatic carbocycles. The van der Waals surface area contributed by atoms with Crippen LogP contribution in [0.5, 0.6) is 0 Å². The van der Waals surface area contributed by atoms with Crippen molar-refractivity contribution < 1.29 is 4.92 Å². The first-order valence-electron chi connectivity index (χ1n) is 4.97. The Labute approximate surface area is 89.6 Å². The summed E-state index contributed by atoms with van der Waals surface area (Å²) in [6.45, 7) is 5.83. The van der Waals surface area contributed by atoms with Gasteiger partial charge in [-0.25, -0.2) is 0 Å². The van der Waals surface area contributed by atoms with Gasteiger partial charge in [-0.2, -0.15) is 0 Å². The van der Waals surface area contributed by atoms with Crippen molar-refractivity contribution in [1.82, 2.24) is 0 Å². The van der Waals surface area contributed by atoms with Crippen LogP contribution in [0, 0.1) is 16.0 Å². The second kappa shape index (κ2) is 5.29. The van der Waals surface area contributed by atoms with Gasteiger partial charge in [0.1, 0.15) is 0 Å². The van der Waals surface area contributed by atoms with E-state index in [1.165, 1.54) is 0 Å². The molecule has 0 fully saturated rings. The molecular formula is C12H15NO2. The predicted octanol–water partition coefficient (Wildman–Crippen LogP) is 3.35. The molecule has 0 amide bonds. The Hall–Kier alpha value is -1.64. The molecule has 0 aliphatic heterocycles. The molecule has 15 heavy (non-hydrogen) atoms. The lowest BCUT2D eigenvalue weighted by molar-refractivity contribution is -0.384. The zero-order valence-electron chi connectivity index (χ0n) is 8.85. The highest BCUT2D eigenvalue weighted by Gasteiger charge is 2.06. The van der Waals surface area contributed by atoms with Gasteiger partial charge in [0.25, 0.3) is 5.69 Å². The quantitative estimate of drug-likeness (QED) is 0.420. The Morgan fingerprint density at radius 1 is 1.47 bits per heavy atom. The van der Waals surface area contributed by atoms with Gasteiger partial charge < -0.3 is 0 Å². The highest BCUT2D eigenvalue weighted by molar-refractivity contribution is 5.32. The van der Waals surface area contributed by atoms with Crippen LogP contribution in [0.1, 0.15) is 18.9 Å². The third-order valence-electron chi connectivity index (χ3n) is 2.30. The van der Waals surface area contributed by atoms with Crippen LogP contribution in [0.4, 0.5) is 5.69 Å². The van der Waals surface area contributed by atoms with Crippen molar-refractivity contribution in [3.8, 4) is 0 Å². The van der Waals surface area contributed by atoms with Crippen molar-refractivity contribution in [2.45, 2.75) is 19.8 Å². The third kappa shape index (κ3) is 3.54. The van der Waals surface area contributed by atoms with Crippen molar-refractivity contribution >= 4 is 5.69 Å². The van der Waals surface area contributed by atoms with E-state index in [1.807, 2.05) is 18.2 Å². The fourth-order valence-corrected chi connectivity index (χ4v) is 1.52. The van der Waals surface area contributed by atoms with Crippen LogP contribution in [0.25, 0.3) is 0 Å². The summed E-state index contributed by atoms with van der Waals surface area (Å²) >= 11 is 0. The average Bonchev–Trinajstić information content (AvgIpc) is 2.18. The summed E-state index contributed by atoms with van der Waals surface area (Å²) in [7, 11) is 0. The summed E-state index contributed by atoms with van der Waals surface area (Å²) in [5.41, 5.74) is 1.28. The van der Waals surface area contributed by atoms with E-state index >= 15 is 0 Å². The first kappa shape index (κ1) is 11.4. The molecule has 1 rings (SSSR count). The molecule has 1 aromatic carbocycles. The number of nitro groups is 1. The second-order valence-corrected chi connectivity index (χ2v) is 3.76. The van der Waals surface area contributed by atoms with E-state index in [9.17, 15) is 10.1 Å². The van der Waals surface area contributed by atoms with E-state index in [0.717, 1.165) is 18.4 Å². The van der Waals surface area contributed by atoms with Gasteiger partial charge in [-0.05, 0) is 24.3 Å². The van der Waals surface area contributed by atoms with Crippen LogP contribution in [0.3, 0.4) is 0 Å². The lowest BCUT2D eigenvalue weighted by Crippen LogP contribution is -1.98. The molecule has 1 aromatic rings. The SMILES string of the molecule is C=CCC(C)Cc1ccc([N+](=O)[O-])cc1. The number of non-ortho nitro benzene ring substituents is 1. The molecule has 1 atom stereocenters. The third-order valence-corrected chi connectivity index (χ3v) is 2.30. The van der Waals surface area contributed by atoms with Crippen molar-refractivity contribution in [1.29, 1.82) is 0 Å². The fourth-order valence-electron chi connectivity index (χ4n) is 1.52. The van der Waals surface area contributed by atoms with Crippen LogP contribution in [0.15, 0.2) is 36.9 Å². The number of hydrogen-bond donors (Lipinski definition) is 0. The summed E-state index contributed by atoms with van der Waals surface area (Å²) in [6, 6.07) is 6.74. The standard InChI is InChI=1S/C12H15NO2/c1-3-4-10(2)9-11-5-7-12(8-6-11)13(14)15/h3,5-8,10H,1,4,9H2,2H3. The second-order valence-electron chi connectivity index (χ2n) is 3.76. The van der Waals surface area contributed by atoms with Crippen LogP contribution < -0.4 is 0 Å². The Balaban J connectivity index is 2.64. The molecule has 0 radical (unpaired) electrons. The zero-order valence-corrected chi connectivity index (χ0v) is 8.85. The number of allylic oxidation sites excluding steroid dienone is 1. The van der Waals surface area contributed by atoms with E-state index in [-0.39, 0.29) is 10.6 Å². The Morgan fingerprint density at radius 3 is 2.53 bits per heavy atom. The van der Waals surface area contributed by atoms with Crippen molar-refractivity contribution in [3.05, 3.63) is 52.6 Å². The number of hydrogen-bond acceptors (Lipinski definition) is 2. The van der Waals surface area contributed by atoms with E-state index in [1.54, 1.807) is 12.1 Å². The van der Waals surface area contributed by atoms with Gasteiger partial charge in [-0.3, -0.25) is 10.1 Å². The molecule has 80 valence electrons. The van der Waals surface area contributed by atoms with Crippen molar-refractivity contribution in [2.24, 2.45) is 5.92 Å². The van der Waals surface area contributed by atoms with E-state index < -0.39 is 0 Å². The molecule has 1 unspecified atom stereocenters. The van der Waals surface area contributed by atoms with Gasteiger partial charge in [0.05, 0.1) is 4.92 Å². The lowest BCUT2D eigenvalue weighted by atomic mass is 9.98. The van der Waals surface area contributed by atoms with E-state index in [0.29, 0.717) is 5.92 Å². The van der Waals surface area contributed by atoms with Gasteiger partial charge >= 0.3 is 0 Å². The van der Waals surface area contributed by atoms with E-state index in [2.05, 4.69) is 13.5 Å². The summed E-state index contributed by atoms with van der Waals surface area (Å²) in [6.07, 6.45) is 3.80. The number of rotatable bonds is 5. The summed E-state index contributed by atoms with van der Waals surface area (Å²) in [5, 5.41) is 10.4. The van der Waals surface area contributed by atoms with Crippen LogP contribution in [-0.2, 0) is 6.42 Å². The number of nitro benzene ring substituents is 1. The Bertz CT molecular complexity index is 343. The van der Waals surface area contributed by atoms with Gasteiger partial charge in [-0.15, -0.1) is 6.58 Å². The monoisotopic (exact) mass is 205 g/mol. The minimum Gasteiger partial charge on any atom is -0.258 e. The highest BCUT2D eigenvalue weighted by atomic mass is 16.6. The molecule has 0 saturated heterocycles. The molecule has 0 heterocycles. The van der Waals surface area contributed by atoms with Crippen LogP contribution in [-0.4, -0.2) is 4.92 Å². The molecular weight excluding hydrogens is 190 g/mol. The minimum atomic E-state index is -0.378. The van der Waals surface area contributed by atoms with Crippen molar-refractivity contribution in [3.63, 3.8) is 0 Å². The zero-order chi connectivity index (χ0) is 11.3. The molecule has 0 saturated carbocycles. The predicted molar refractivity (Wildman–Crippen MR) is 60.8 cm³/mol. The summed E-state index contributed by atoms with van der Waals surface area (Å²) in [5.74, 6) is 0.531. The normalized spacial score (nSPS) is 12.1. The maximum atomic E-state index is 10.4. The molecule has 0 aromatic heterocycles. The fraction of sp³-hybridized carbons (Fsp3) is 0.333. The van der Waals surface area contributed by atoms with Crippen LogP contribution in [0.2, 0.25) is 0 Å². The van der Waals surface area contributed by atoms with Gasteiger partial charge in [-0.1, -0.05) is 25.1 Å². The smallest absolute Gasteiger partial charge is 0.258 e. The molecule has 0 aliphatic rings. The highest BCUT2D eigenvalue weighted by Crippen LogP contribution is 2.16. The first-order chi connectivity index (χ1) is 7.13. The largest absolute Gasteiger partial charge is 0.269 e. The minimum absolute atomic E-state index is 0.148. The lowest BCUT2D eigenvalue weighted by Gasteiger charge is -2.07. The van der Waals surface area contributed by atoms with Gasteiger partial charge in [0.2, 0.25) is 0 Å². The van der Waals surface area contributed by atoms with Crippen molar-refractivity contribution in [2.75, 3.05) is 0 Å². The van der Waals surface area contributed by atoms with E-state index in [4.69, 9.17) is 0 Å². The summed E-state index contributed by atoms with van der Waals surface area (Å²) in [4.78, 5) is 10.1. The summed E-state index contributed by atoms with van der Waals surface area (Å²) < 4.78 is 0. The Kier molecular flexibility index (Phi) is 4.03. The molecule has 0 N–H and O–H groups in total. The first-order valence-corrected chi connectivity index (χ1v) is 4.97. The number of benzene rings is 1. The molecule has 3 nitrogen and oxygen atoms in total. The Morgan fingerprint density at radius 2 is 2.07 bits per heavy atom. The van der Waals surface area contributed by atoms with Gasteiger partial charge in [0, 0.05) is 12.1 Å². The maximum absolute atomic E-state index is 10.4. The topological polar surface area (TPSA) is 43.1 Å². The van der Waals surface area contributed by atoms with Crippen LogP contribution >= 0.6 is 0 Å². The molecule has 0 bridgehead atoms. The number of nitrogens with zero attached hydrogens (tertiary/aromatic N) is 1. The molecule has 0 spiro atoms. The average molecular weight is 205 g/mol.